The van der Waals surface area contributed by atoms with Gasteiger partial charge in [-0.05, 0) is 24.6 Å². The molecule has 1 aromatic carbocycles. The third-order valence-electron chi connectivity index (χ3n) is 2.81. The van der Waals surface area contributed by atoms with E-state index >= 15 is 0 Å². The Kier molecular flexibility index (Phi) is 2.82. The molecule has 0 saturated carbocycles. The highest BCUT2D eigenvalue weighted by Crippen LogP contribution is 2.11. The van der Waals surface area contributed by atoms with Crippen molar-refractivity contribution in [2.75, 3.05) is 13.2 Å². The van der Waals surface area contributed by atoms with Crippen LogP contribution in [0.3, 0.4) is 0 Å². The van der Waals surface area contributed by atoms with Gasteiger partial charge in [0.05, 0.1) is 18.8 Å². The molecule has 1 saturated heterocycles. The van der Waals surface area contributed by atoms with Gasteiger partial charge >= 0.3 is 0 Å². The topological polar surface area (TPSA) is 47.4 Å². The van der Waals surface area contributed by atoms with Gasteiger partial charge in [-0.25, -0.2) is 9.75 Å². The Labute approximate surface area is 105 Å². The largest absolute Gasteiger partial charge is 0.297 e. The fourth-order valence-electron chi connectivity index (χ4n) is 1.90. The molecule has 1 aliphatic rings. The minimum Gasteiger partial charge on any atom is -0.271 e. The van der Waals surface area contributed by atoms with Gasteiger partial charge in [0.1, 0.15) is 0 Å². The minimum atomic E-state index is -0.179. The lowest BCUT2D eigenvalue weighted by Crippen LogP contribution is -2.26. The molecule has 0 N–H and O–H groups in total. The fourth-order valence-corrected chi connectivity index (χ4v) is 1.90. The van der Waals surface area contributed by atoms with Crippen LogP contribution in [0.4, 0.5) is 0 Å². The summed E-state index contributed by atoms with van der Waals surface area (Å²) in [5.74, 6) is -0.179. The number of para-hydroxylation sites is 1. The van der Waals surface area contributed by atoms with Crippen molar-refractivity contribution in [3.05, 3.63) is 48.3 Å². The van der Waals surface area contributed by atoms with E-state index in [4.69, 9.17) is 4.84 Å². The number of hydrogen-bond donors (Lipinski definition) is 0. The van der Waals surface area contributed by atoms with Gasteiger partial charge in [-0.1, -0.05) is 18.2 Å². The van der Waals surface area contributed by atoms with Gasteiger partial charge in [-0.15, -0.1) is 0 Å². The Morgan fingerprint density at radius 1 is 1.22 bits per heavy atom. The van der Waals surface area contributed by atoms with Crippen molar-refractivity contribution in [3.8, 4) is 5.69 Å². The number of rotatable bonds is 2. The highest BCUT2D eigenvalue weighted by molar-refractivity contribution is 5.91. The maximum atomic E-state index is 12.0. The number of aromatic nitrogens is 2. The lowest BCUT2D eigenvalue weighted by molar-refractivity contribution is -0.0772. The molecular weight excluding hydrogens is 230 g/mol. The molecule has 1 amide bonds. The maximum absolute atomic E-state index is 12.0. The minimum absolute atomic E-state index is 0.179. The van der Waals surface area contributed by atoms with Crippen molar-refractivity contribution in [2.24, 2.45) is 0 Å². The lowest BCUT2D eigenvalue weighted by atomic mass is 10.3. The van der Waals surface area contributed by atoms with E-state index in [-0.39, 0.29) is 5.91 Å². The zero-order valence-corrected chi connectivity index (χ0v) is 9.82. The van der Waals surface area contributed by atoms with Crippen molar-refractivity contribution in [1.29, 1.82) is 0 Å². The van der Waals surface area contributed by atoms with Crippen LogP contribution in [-0.4, -0.2) is 33.9 Å². The molecule has 5 heteroatoms. The summed E-state index contributed by atoms with van der Waals surface area (Å²) in [5.41, 5.74) is 1.33. The molecule has 0 radical (unpaired) electrons. The van der Waals surface area contributed by atoms with Crippen molar-refractivity contribution in [1.82, 2.24) is 14.8 Å². The Hall–Kier alpha value is -2.14. The number of hydroxylamine groups is 2. The second kappa shape index (κ2) is 4.62. The second-order valence-electron chi connectivity index (χ2n) is 4.08. The molecule has 0 unspecified atom stereocenters. The highest BCUT2D eigenvalue weighted by atomic mass is 16.7. The van der Waals surface area contributed by atoms with Gasteiger partial charge in [0.15, 0.2) is 5.69 Å². The molecule has 3 rings (SSSR count). The number of carbonyl (C=O) groups is 1. The monoisotopic (exact) mass is 243 g/mol. The van der Waals surface area contributed by atoms with E-state index in [1.165, 1.54) is 5.06 Å². The summed E-state index contributed by atoms with van der Waals surface area (Å²) in [6, 6.07) is 11.4. The van der Waals surface area contributed by atoms with Crippen LogP contribution in [0, 0.1) is 0 Å². The zero-order chi connectivity index (χ0) is 12.4. The van der Waals surface area contributed by atoms with E-state index in [1.54, 1.807) is 16.9 Å². The smallest absolute Gasteiger partial charge is 0.271 e. The zero-order valence-electron chi connectivity index (χ0n) is 9.82. The molecular formula is C13H13N3O2. The first-order chi connectivity index (χ1) is 8.84. The number of hydrogen-bond acceptors (Lipinski definition) is 3. The fraction of sp³-hybridized carbons (Fsp3) is 0.231. The van der Waals surface area contributed by atoms with Crippen LogP contribution >= 0.6 is 0 Å². The van der Waals surface area contributed by atoms with E-state index in [1.807, 2.05) is 30.3 Å². The summed E-state index contributed by atoms with van der Waals surface area (Å²) in [7, 11) is 0. The lowest BCUT2D eigenvalue weighted by Gasteiger charge is -2.11. The second-order valence-corrected chi connectivity index (χ2v) is 4.08. The Morgan fingerprint density at radius 2 is 2.06 bits per heavy atom. The normalized spacial score (nSPS) is 15.0. The number of nitrogens with zero attached hydrogens (tertiary/aromatic N) is 3. The molecule has 1 aromatic heterocycles. The quantitative estimate of drug-likeness (QED) is 0.805. The van der Waals surface area contributed by atoms with E-state index in [0.29, 0.717) is 18.8 Å². The third kappa shape index (κ3) is 2.00. The Morgan fingerprint density at radius 3 is 2.78 bits per heavy atom. The molecule has 1 aliphatic heterocycles. The molecule has 0 bridgehead atoms. The summed E-state index contributed by atoms with van der Waals surface area (Å²) < 4.78 is 1.68. The van der Waals surface area contributed by atoms with Crippen molar-refractivity contribution in [3.63, 3.8) is 0 Å². The molecule has 0 spiro atoms. The van der Waals surface area contributed by atoms with Crippen LogP contribution < -0.4 is 0 Å². The summed E-state index contributed by atoms with van der Waals surface area (Å²) >= 11 is 0. The summed E-state index contributed by atoms with van der Waals surface area (Å²) in [5, 5.41) is 5.64. The standard InChI is InChI=1S/C13H13N3O2/c17-13(16-8-4-10-18-16)12-7-9-15(14-12)11-5-2-1-3-6-11/h1-3,5-7,9H,4,8,10H2. The number of amides is 1. The van der Waals surface area contributed by atoms with Crippen LogP contribution in [-0.2, 0) is 4.84 Å². The van der Waals surface area contributed by atoms with Gasteiger partial charge in [-0.3, -0.25) is 9.63 Å². The first-order valence-electron chi connectivity index (χ1n) is 5.90. The molecule has 2 aromatic rings. The molecule has 5 nitrogen and oxygen atoms in total. The van der Waals surface area contributed by atoms with Gasteiger partial charge in [0, 0.05) is 6.20 Å². The van der Waals surface area contributed by atoms with Gasteiger partial charge in [0.2, 0.25) is 0 Å². The van der Waals surface area contributed by atoms with Gasteiger partial charge in [0.25, 0.3) is 5.91 Å². The molecule has 0 atom stereocenters. The maximum Gasteiger partial charge on any atom is 0.297 e. The summed E-state index contributed by atoms with van der Waals surface area (Å²) in [6.45, 7) is 1.24. The van der Waals surface area contributed by atoms with Crippen molar-refractivity contribution in [2.45, 2.75) is 6.42 Å². The molecule has 0 aliphatic carbocycles. The number of carbonyl (C=O) groups excluding carboxylic acids is 1. The average molecular weight is 243 g/mol. The summed E-state index contributed by atoms with van der Waals surface area (Å²) in [6.07, 6.45) is 2.66. The Bertz CT molecular complexity index is 544. The van der Waals surface area contributed by atoms with Crippen LogP contribution in [0.2, 0.25) is 0 Å². The average Bonchev–Trinajstić information content (AvgIpc) is 3.10. The van der Waals surface area contributed by atoms with Crippen molar-refractivity contribution < 1.29 is 9.63 Å². The SMILES string of the molecule is O=C(c1ccn(-c2ccccc2)n1)N1CCCO1. The van der Waals surface area contributed by atoms with Crippen LogP contribution in [0.1, 0.15) is 16.9 Å². The first-order valence-corrected chi connectivity index (χ1v) is 5.90. The first kappa shape index (κ1) is 11.0. The van der Waals surface area contributed by atoms with Crippen LogP contribution in [0.5, 0.6) is 0 Å². The van der Waals surface area contributed by atoms with Crippen LogP contribution in [0.15, 0.2) is 42.6 Å². The highest BCUT2D eigenvalue weighted by Gasteiger charge is 2.22. The van der Waals surface area contributed by atoms with Crippen molar-refractivity contribution >= 4 is 5.91 Å². The Balaban J connectivity index is 1.83. The van der Waals surface area contributed by atoms with E-state index in [2.05, 4.69) is 5.10 Å². The predicted octanol–water partition coefficient (Wildman–Crippen LogP) is 1.65. The molecule has 92 valence electrons. The van der Waals surface area contributed by atoms with Gasteiger partial charge < -0.3 is 0 Å². The van der Waals surface area contributed by atoms with E-state index in [9.17, 15) is 4.79 Å². The molecule has 2 heterocycles. The molecule has 18 heavy (non-hydrogen) atoms. The predicted molar refractivity (Wildman–Crippen MR) is 65.2 cm³/mol. The van der Waals surface area contributed by atoms with E-state index < -0.39 is 0 Å². The third-order valence-corrected chi connectivity index (χ3v) is 2.81. The number of benzene rings is 1. The summed E-state index contributed by atoms with van der Waals surface area (Å²) in [4.78, 5) is 17.2. The van der Waals surface area contributed by atoms with Gasteiger partial charge in [-0.2, -0.15) is 5.10 Å². The molecule has 1 fully saturated rings. The van der Waals surface area contributed by atoms with Crippen LogP contribution in [0.25, 0.3) is 5.69 Å². The van der Waals surface area contributed by atoms with E-state index in [0.717, 1.165) is 12.1 Å².